The van der Waals surface area contributed by atoms with Crippen molar-refractivity contribution in [1.82, 2.24) is 0 Å². The van der Waals surface area contributed by atoms with Crippen molar-refractivity contribution in [2.45, 2.75) is 127 Å². The van der Waals surface area contributed by atoms with Crippen LogP contribution in [0.4, 0.5) is 0 Å². The molecule has 146 valence electrons. The third-order valence-corrected chi connectivity index (χ3v) is 3.95. The highest BCUT2D eigenvalue weighted by Gasteiger charge is 2.17. The van der Waals surface area contributed by atoms with E-state index in [9.17, 15) is 0 Å². The minimum atomic E-state index is 0.391. The summed E-state index contributed by atoms with van der Waals surface area (Å²) in [6.45, 7) is 24.6. The summed E-state index contributed by atoms with van der Waals surface area (Å²) in [4.78, 5) is 0. The van der Waals surface area contributed by atoms with E-state index in [1.54, 1.807) is 0 Å². The minimum absolute atomic E-state index is 0.391. The SMILES string of the molecule is C=C(CC(C)(C)C)CC(C)(C)C.CCCCCCCCCC(C)C. The van der Waals surface area contributed by atoms with Crippen molar-refractivity contribution in [3.8, 4) is 0 Å². The second-order valence-electron chi connectivity index (χ2n) is 10.5. The van der Waals surface area contributed by atoms with Gasteiger partial charge in [-0.15, -0.1) is 0 Å². The van der Waals surface area contributed by atoms with E-state index in [1.807, 2.05) is 0 Å². The summed E-state index contributed by atoms with van der Waals surface area (Å²) in [6.07, 6.45) is 13.8. The van der Waals surface area contributed by atoms with Crippen molar-refractivity contribution in [3.63, 3.8) is 0 Å². The molecular weight excluding hydrogens is 288 g/mol. The van der Waals surface area contributed by atoms with Crippen molar-refractivity contribution in [3.05, 3.63) is 12.2 Å². The van der Waals surface area contributed by atoms with Crippen LogP contribution in [0.15, 0.2) is 12.2 Å². The molecule has 0 aliphatic rings. The molecule has 0 heterocycles. The Morgan fingerprint density at radius 3 is 1.42 bits per heavy atom. The second kappa shape index (κ2) is 14.0. The maximum absolute atomic E-state index is 4.13. The Morgan fingerprint density at radius 1 is 0.708 bits per heavy atom. The van der Waals surface area contributed by atoms with Gasteiger partial charge in [0.2, 0.25) is 0 Å². The van der Waals surface area contributed by atoms with Crippen LogP contribution in [0.2, 0.25) is 0 Å². The van der Waals surface area contributed by atoms with Gasteiger partial charge in [0.25, 0.3) is 0 Å². The maximum atomic E-state index is 4.13. The van der Waals surface area contributed by atoms with E-state index in [0.717, 1.165) is 18.8 Å². The zero-order valence-electron chi connectivity index (χ0n) is 18.9. The van der Waals surface area contributed by atoms with Crippen molar-refractivity contribution >= 4 is 0 Å². The summed E-state index contributed by atoms with van der Waals surface area (Å²) in [5.41, 5.74) is 2.17. The fourth-order valence-electron chi connectivity index (χ4n) is 3.07. The molecule has 0 radical (unpaired) electrons. The largest absolute Gasteiger partial charge is 0.0998 e. The molecule has 0 unspecified atom stereocenters. The van der Waals surface area contributed by atoms with Gasteiger partial charge in [-0.05, 0) is 29.6 Å². The van der Waals surface area contributed by atoms with E-state index < -0.39 is 0 Å². The van der Waals surface area contributed by atoms with Gasteiger partial charge < -0.3 is 0 Å². The Hall–Kier alpha value is -0.260. The maximum Gasteiger partial charge on any atom is -0.0274 e. The van der Waals surface area contributed by atoms with Crippen LogP contribution in [0.3, 0.4) is 0 Å². The first-order valence-corrected chi connectivity index (χ1v) is 10.5. The smallest absolute Gasteiger partial charge is 0.0274 e. The Labute approximate surface area is 155 Å². The molecule has 24 heavy (non-hydrogen) atoms. The first kappa shape index (κ1) is 26.0. The van der Waals surface area contributed by atoms with Crippen molar-refractivity contribution in [2.24, 2.45) is 16.7 Å². The lowest BCUT2D eigenvalue weighted by molar-refractivity contribution is 0.360. The lowest BCUT2D eigenvalue weighted by atomic mass is 9.81. The van der Waals surface area contributed by atoms with Crippen LogP contribution in [0.1, 0.15) is 127 Å². The van der Waals surface area contributed by atoms with Gasteiger partial charge in [-0.1, -0.05) is 126 Å². The Morgan fingerprint density at radius 2 is 1.08 bits per heavy atom. The summed E-state index contributed by atoms with van der Waals surface area (Å²) >= 11 is 0. The van der Waals surface area contributed by atoms with Gasteiger partial charge in [0, 0.05) is 0 Å². The molecule has 0 aliphatic carbocycles. The molecule has 0 bridgehead atoms. The molecule has 0 aromatic heterocycles. The number of allylic oxidation sites excluding steroid dienone is 1. The van der Waals surface area contributed by atoms with E-state index in [2.05, 4.69) is 68.9 Å². The second-order valence-corrected chi connectivity index (χ2v) is 10.5. The highest BCUT2D eigenvalue weighted by atomic mass is 14.2. The predicted molar refractivity (Wildman–Crippen MR) is 115 cm³/mol. The van der Waals surface area contributed by atoms with Gasteiger partial charge in [0.15, 0.2) is 0 Å². The van der Waals surface area contributed by atoms with E-state index in [1.165, 1.54) is 56.9 Å². The number of unbranched alkanes of at least 4 members (excludes halogenated alkanes) is 6. The van der Waals surface area contributed by atoms with Crippen LogP contribution in [-0.2, 0) is 0 Å². The lowest BCUT2D eigenvalue weighted by Crippen LogP contribution is -2.11. The van der Waals surface area contributed by atoms with Crippen LogP contribution < -0.4 is 0 Å². The fraction of sp³-hybridized carbons (Fsp3) is 0.917. The highest BCUT2D eigenvalue weighted by Crippen LogP contribution is 2.31. The predicted octanol–water partition coefficient (Wildman–Crippen LogP) is 9.20. The minimum Gasteiger partial charge on any atom is -0.0998 e. The van der Waals surface area contributed by atoms with E-state index >= 15 is 0 Å². The van der Waals surface area contributed by atoms with Gasteiger partial charge in [-0.3, -0.25) is 0 Å². The van der Waals surface area contributed by atoms with E-state index in [0.29, 0.717) is 10.8 Å². The molecule has 0 aliphatic heterocycles. The zero-order chi connectivity index (χ0) is 19.2. The van der Waals surface area contributed by atoms with Gasteiger partial charge in [0.05, 0.1) is 0 Å². The number of hydrogen-bond acceptors (Lipinski definition) is 0. The molecule has 0 N–H and O–H groups in total. The molecule has 0 spiro atoms. The fourth-order valence-corrected chi connectivity index (χ4v) is 3.07. The van der Waals surface area contributed by atoms with E-state index in [4.69, 9.17) is 0 Å². The normalized spacial score (nSPS) is 12.1. The quantitative estimate of drug-likeness (QED) is 0.275. The average Bonchev–Trinajstić information content (AvgIpc) is 2.33. The molecule has 0 aromatic carbocycles. The molecular formula is C24H50. The van der Waals surface area contributed by atoms with Gasteiger partial charge in [-0.2, -0.15) is 0 Å². The first-order chi connectivity index (χ1) is 10.9. The Balaban J connectivity index is 0. The van der Waals surface area contributed by atoms with Crippen molar-refractivity contribution < 1.29 is 0 Å². The van der Waals surface area contributed by atoms with Crippen molar-refractivity contribution in [2.75, 3.05) is 0 Å². The summed E-state index contributed by atoms with van der Waals surface area (Å²) < 4.78 is 0. The van der Waals surface area contributed by atoms with Crippen LogP contribution in [-0.4, -0.2) is 0 Å². The molecule has 0 saturated heterocycles. The molecule has 0 amide bonds. The summed E-state index contributed by atoms with van der Waals surface area (Å²) in [7, 11) is 0. The topological polar surface area (TPSA) is 0 Å². The van der Waals surface area contributed by atoms with Gasteiger partial charge >= 0.3 is 0 Å². The molecule has 0 fully saturated rings. The summed E-state index contributed by atoms with van der Waals surface area (Å²) in [5.74, 6) is 0.903. The Kier molecular flexibility index (Phi) is 15.1. The molecule has 0 heteroatoms. The zero-order valence-corrected chi connectivity index (χ0v) is 18.9. The average molecular weight is 339 g/mol. The van der Waals surface area contributed by atoms with Crippen molar-refractivity contribution in [1.29, 1.82) is 0 Å². The third kappa shape index (κ3) is 26.6. The van der Waals surface area contributed by atoms with E-state index in [-0.39, 0.29) is 0 Å². The number of rotatable bonds is 10. The molecule has 0 nitrogen and oxygen atoms in total. The van der Waals surface area contributed by atoms with Crippen LogP contribution in [0, 0.1) is 16.7 Å². The third-order valence-electron chi connectivity index (χ3n) is 3.95. The molecule has 0 aromatic rings. The standard InChI is InChI=1S/C12H24.C12H26/c1-10(8-11(2,3)4)9-12(5,6)7;1-4-5-6-7-8-9-10-11-12(2)3/h1,8-9H2,2-7H3;12H,4-11H2,1-3H3. The monoisotopic (exact) mass is 338 g/mol. The number of hydrogen-bond donors (Lipinski definition) is 0. The molecule has 0 rings (SSSR count). The molecule has 0 saturated carbocycles. The summed E-state index contributed by atoms with van der Waals surface area (Å²) in [5, 5.41) is 0. The lowest BCUT2D eigenvalue weighted by Gasteiger charge is -2.25. The van der Waals surface area contributed by atoms with Gasteiger partial charge in [0.1, 0.15) is 0 Å². The Bertz CT molecular complexity index is 264. The van der Waals surface area contributed by atoms with Crippen LogP contribution >= 0.6 is 0 Å². The first-order valence-electron chi connectivity index (χ1n) is 10.5. The van der Waals surface area contributed by atoms with Gasteiger partial charge in [-0.25, -0.2) is 0 Å². The molecule has 0 atom stereocenters. The summed E-state index contributed by atoms with van der Waals surface area (Å²) in [6, 6.07) is 0. The highest BCUT2D eigenvalue weighted by molar-refractivity contribution is 5.00. The van der Waals surface area contributed by atoms with Crippen LogP contribution in [0.25, 0.3) is 0 Å². The van der Waals surface area contributed by atoms with Crippen LogP contribution in [0.5, 0.6) is 0 Å².